The Morgan fingerprint density at radius 3 is 2.32 bits per heavy atom. The molecule has 34 heavy (non-hydrogen) atoms. The first-order valence-electron chi connectivity index (χ1n) is 11.4. The number of pyridine rings is 1. The second kappa shape index (κ2) is 9.74. The van der Waals surface area contributed by atoms with Crippen molar-refractivity contribution in [3.63, 3.8) is 0 Å². The van der Waals surface area contributed by atoms with Crippen LogP contribution in [0.4, 0.5) is 5.69 Å². The van der Waals surface area contributed by atoms with Gasteiger partial charge in [-0.3, -0.25) is 14.6 Å². The molecule has 5 rings (SSSR count). The van der Waals surface area contributed by atoms with E-state index in [1.807, 2.05) is 71.3 Å². The summed E-state index contributed by atoms with van der Waals surface area (Å²) in [6, 6.07) is 21.6. The van der Waals surface area contributed by atoms with Crippen molar-refractivity contribution in [2.45, 2.75) is 6.54 Å². The van der Waals surface area contributed by atoms with Crippen molar-refractivity contribution < 1.29 is 9.59 Å². The molecule has 3 heterocycles. The van der Waals surface area contributed by atoms with Crippen LogP contribution >= 0.6 is 0 Å². The third-order valence-electron chi connectivity index (χ3n) is 6.10. The molecule has 1 aliphatic heterocycles. The average Bonchev–Trinajstić information content (AvgIpc) is 3.26. The molecule has 0 saturated carbocycles. The maximum atomic E-state index is 13.1. The van der Waals surface area contributed by atoms with E-state index in [2.05, 4.69) is 20.2 Å². The minimum absolute atomic E-state index is 0.0529. The van der Waals surface area contributed by atoms with Crippen molar-refractivity contribution in [3.8, 4) is 0 Å². The number of carbonyl (C=O) groups excluding carboxylic acids is 2. The van der Waals surface area contributed by atoms with Gasteiger partial charge >= 0.3 is 0 Å². The molecule has 4 aromatic rings. The number of amides is 2. The van der Waals surface area contributed by atoms with E-state index >= 15 is 0 Å². The highest BCUT2D eigenvalue weighted by Crippen LogP contribution is 2.18. The molecule has 1 aliphatic rings. The fourth-order valence-corrected chi connectivity index (χ4v) is 4.29. The number of nitrogens with zero attached hydrogens (tertiary/aromatic N) is 5. The SMILES string of the molecule is O=C(NCC(=O)N1CCN(c2ccncc2)CC1)c1nc2ccccc2n1Cc1ccccc1. The van der Waals surface area contributed by atoms with Gasteiger partial charge in [0.15, 0.2) is 5.82 Å². The zero-order chi connectivity index (χ0) is 23.3. The van der Waals surface area contributed by atoms with Crippen LogP contribution in [0, 0.1) is 0 Å². The van der Waals surface area contributed by atoms with Crippen LogP contribution in [0.2, 0.25) is 0 Å². The van der Waals surface area contributed by atoms with E-state index in [0.717, 1.165) is 35.4 Å². The van der Waals surface area contributed by atoms with Crippen LogP contribution in [0.15, 0.2) is 79.1 Å². The summed E-state index contributed by atoms with van der Waals surface area (Å²) in [7, 11) is 0. The van der Waals surface area contributed by atoms with Crippen molar-refractivity contribution in [1.82, 2.24) is 24.8 Å². The molecule has 0 spiro atoms. The number of nitrogens with one attached hydrogen (secondary N) is 1. The Labute approximate surface area is 197 Å². The minimum Gasteiger partial charge on any atom is -0.368 e. The first kappa shape index (κ1) is 21.6. The number of imidazole rings is 1. The Hall–Kier alpha value is -4.20. The Bertz CT molecular complexity index is 1280. The second-order valence-corrected chi connectivity index (χ2v) is 8.25. The number of aromatic nitrogens is 3. The topological polar surface area (TPSA) is 83.4 Å². The summed E-state index contributed by atoms with van der Waals surface area (Å²) in [5.74, 6) is -0.135. The first-order chi connectivity index (χ1) is 16.7. The molecule has 2 amide bonds. The van der Waals surface area contributed by atoms with Gasteiger partial charge in [-0.1, -0.05) is 42.5 Å². The molecular weight excluding hydrogens is 428 g/mol. The summed E-state index contributed by atoms with van der Waals surface area (Å²) < 4.78 is 1.90. The Morgan fingerprint density at radius 1 is 0.853 bits per heavy atom. The Kier molecular flexibility index (Phi) is 6.20. The fourth-order valence-electron chi connectivity index (χ4n) is 4.29. The molecule has 8 nitrogen and oxygen atoms in total. The van der Waals surface area contributed by atoms with Gasteiger partial charge in [0.05, 0.1) is 17.6 Å². The van der Waals surface area contributed by atoms with Gasteiger partial charge in [0.25, 0.3) is 5.91 Å². The Balaban J connectivity index is 1.24. The number of para-hydroxylation sites is 2. The monoisotopic (exact) mass is 454 g/mol. The zero-order valence-electron chi connectivity index (χ0n) is 18.8. The van der Waals surface area contributed by atoms with Gasteiger partial charge < -0.3 is 19.7 Å². The smallest absolute Gasteiger partial charge is 0.287 e. The maximum absolute atomic E-state index is 13.1. The normalized spacial score (nSPS) is 13.8. The van der Waals surface area contributed by atoms with Crippen LogP contribution in [0.25, 0.3) is 11.0 Å². The lowest BCUT2D eigenvalue weighted by atomic mass is 10.2. The van der Waals surface area contributed by atoms with E-state index in [4.69, 9.17) is 0 Å². The predicted molar refractivity (Wildman–Crippen MR) is 131 cm³/mol. The van der Waals surface area contributed by atoms with Crippen LogP contribution in [-0.4, -0.2) is 64.0 Å². The van der Waals surface area contributed by atoms with Crippen molar-refractivity contribution in [1.29, 1.82) is 0 Å². The van der Waals surface area contributed by atoms with Gasteiger partial charge in [-0.05, 0) is 29.8 Å². The molecular formula is C26H26N6O2. The summed E-state index contributed by atoms with van der Waals surface area (Å²) in [6.45, 7) is 3.19. The number of piperazine rings is 1. The molecule has 1 N–H and O–H groups in total. The molecule has 0 aliphatic carbocycles. The van der Waals surface area contributed by atoms with Gasteiger partial charge in [-0.25, -0.2) is 4.98 Å². The van der Waals surface area contributed by atoms with Crippen LogP contribution in [0.5, 0.6) is 0 Å². The molecule has 1 saturated heterocycles. The highest BCUT2D eigenvalue weighted by molar-refractivity contribution is 5.96. The van der Waals surface area contributed by atoms with Crippen LogP contribution < -0.4 is 10.2 Å². The van der Waals surface area contributed by atoms with E-state index in [-0.39, 0.29) is 18.4 Å². The van der Waals surface area contributed by atoms with E-state index in [9.17, 15) is 9.59 Å². The molecule has 0 unspecified atom stereocenters. The first-order valence-corrected chi connectivity index (χ1v) is 11.4. The van der Waals surface area contributed by atoms with E-state index in [0.29, 0.717) is 25.5 Å². The maximum Gasteiger partial charge on any atom is 0.287 e. The third kappa shape index (κ3) is 4.61. The number of rotatable bonds is 6. The lowest BCUT2D eigenvalue weighted by molar-refractivity contribution is -0.130. The van der Waals surface area contributed by atoms with Crippen LogP contribution in [-0.2, 0) is 11.3 Å². The molecule has 0 radical (unpaired) electrons. The molecule has 172 valence electrons. The van der Waals surface area contributed by atoms with Gasteiger partial charge in [0.2, 0.25) is 5.91 Å². The molecule has 0 atom stereocenters. The molecule has 0 bridgehead atoms. The van der Waals surface area contributed by atoms with Crippen molar-refractivity contribution in [2.24, 2.45) is 0 Å². The molecule has 2 aromatic heterocycles. The van der Waals surface area contributed by atoms with Gasteiger partial charge in [0, 0.05) is 50.8 Å². The number of hydrogen-bond acceptors (Lipinski definition) is 5. The number of fused-ring (bicyclic) bond motifs is 1. The summed E-state index contributed by atoms with van der Waals surface area (Å²) >= 11 is 0. The van der Waals surface area contributed by atoms with Crippen molar-refractivity contribution in [2.75, 3.05) is 37.6 Å². The van der Waals surface area contributed by atoms with E-state index in [1.165, 1.54) is 0 Å². The summed E-state index contributed by atoms with van der Waals surface area (Å²) in [4.78, 5) is 38.5. The third-order valence-corrected chi connectivity index (χ3v) is 6.10. The quantitative estimate of drug-likeness (QED) is 0.484. The van der Waals surface area contributed by atoms with E-state index < -0.39 is 0 Å². The molecule has 8 heteroatoms. The fraction of sp³-hybridized carbons (Fsp3) is 0.231. The largest absolute Gasteiger partial charge is 0.368 e. The van der Waals surface area contributed by atoms with Gasteiger partial charge in [-0.2, -0.15) is 0 Å². The number of carbonyl (C=O) groups is 2. The van der Waals surface area contributed by atoms with Crippen molar-refractivity contribution in [3.05, 3.63) is 90.5 Å². The van der Waals surface area contributed by atoms with Crippen LogP contribution in [0.1, 0.15) is 16.2 Å². The average molecular weight is 455 g/mol. The zero-order valence-corrected chi connectivity index (χ0v) is 18.8. The lowest BCUT2D eigenvalue weighted by Gasteiger charge is -2.36. The van der Waals surface area contributed by atoms with Crippen LogP contribution in [0.3, 0.4) is 0 Å². The second-order valence-electron chi connectivity index (χ2n) is 8.25. The standard InChI is InChI=1S/C26H26N6O2/c33-24(31-16-14-30(15-17-31)21-10-12-27-13-11-21)18-28-26(34)25-29-22-8-4-5-9-23(22)32(25)19-20-6-2-1-3-7-20/h1-13H,14-19H2,(H,28,34). The predicted octanol–water partition coefficient (Wildman–Crippen LogP) is 2.56. The summed E-state index contributed by atoms with van der Waals surface area (Å²) in [5.41, 5.74) is 3.81. The highest BCUT2D eigenvalue weighted by atomic mass is 16.2. The summed E-state index contributed by atoms with van der Waals surface area (Å²) in [5, 5.41) is 2.79. The van der Waals surface area contributed by atoms with Gasteiger partial charge in [0.1, 0.15) is 0 Å². The molecule has 1 fully saturated rings. The summed E-state index contributed by atoms with van der Waals surface area (Å²) in [6.07, 6.45) is 3.54. The number of hydrogen-bond donors (Lipinski definition) is 1. The minimum atomic E-state index is -0.351. The highest BCUT2D eigenvalue weighted by Gasteiger charge is 2.23. The molecule has 2 aromatic carbocycles. The van der Waals surface area contributed by atoms with Crippen molar-refractivity contribution >= 4 is 28.5 Å². The van der Waals surface area contributed by atoms with E-state index in [1.54, 1.807) is 17.3 Å². The lowest BCUT2D eigenvalue weighted by Crippen LogP contribution is -2.51. The number of benzene rings is 2. The number of anilines is 1. The van der Waals surface area contributed by atoms with Gasteiger partial charge in [-0.15, -0.1) is 0 Å². The Morgan fingerprint density at radius 2 is 1.56 bits per heavy atom.